The molecule has 3 heterocycles. The monoisotopic (exact) mass is 362 g/mol. The van der Waals surface area contributed by atoms with E-state index in [1.165, 1.54) is 17.5 Å². The summed E-state index contributed by atoms with van der Waals surface area (Å²) in [5, 5.41) is 2.79. The predicted octanol–water partition coefficient (Wildman–Crippen LogP) is 3.56. The fourth-order valence-corrected chi connectivity index (χ4v) is 3.27. The van der Waals surface area contributed by atoms with Crippen molar-refractivity contribution in [1.82, 2.24) is 4.98 Å². The summed E-state index contributed by atoms with van der Waals surface area (Å²) >= 11 is 0. The first kappa shape index (κ1) is 17.1. The van der Waals surface area contributed by atoms with Gasteiger partial charge in [0.15, 0.2) is 5.76 Å². The Balaban J connectivity index is 1.35. The average molecular weight is 362 g/mol. The van der Waals surface area contributed by atoms with Gasteiger partial charge in [0.05, 0.1) is 18.1 Å². The van der Waals surface area contributed by atoms with Crippen LogP contribution in [0.15, 0.2) is 65.4 Å². The molecule has 4 rings (SSSR count). The molecule has 138 valence electrons. The molecule has 0 atom stereocenters. The fourth-order valence-electron chi connectivity index (χ4n) is 3.27. The predicted molar refractivity (Wildman–Crippen MR) is 107 cm³/mol. The third-order valence-corrected chi connectivity index (χ3v) is 4.72. The molecule has 1 aromatic carbocycles. The molecule has 0 bridgehead atoms. The molecular weight excluding hydrogens is 340 g/mol. The number of amides is 1. The van der Waals surface area contributed by atoms with Crippen LogP contribution in [0.5, 0.6) is 0 Å². The Morgan fingerprint density at radius 3 is 2.52 bits per heavy atom. The molecule has 27 heavy (non-hydrogen) atoms. The molecule has 3 aromatic rings. The lowest BCUT2D eigenvalue weighted by Gasteiger charge is -2.36. The Hall–Kier alpha value is -3.28. The number of anilines is 3. The summed E-state index contributed by atoms with van der Waals surface area (Å²) in [4.78, 5) is 21.2. The smallest absolute Gasteiger partial charge is 0.291 e. The number of aromatic nitrogens is 1. The van der Waals surface area contributed by atoms with Gasteiger partial charge in [-0.15, -0.1) is 0 Å². The number of furan rings is 1. The van der Waals surface area contributed by atoms with Crippen molar-refractivity contribution in [2.75, 3.05) is 41.3 Å². The van der Waals surface area contributed by atoms with Gasteiger partial charge in [0.2, 0.25) is 0 Å². The maximum atomic E-state index is 12.0. The number of hydrogen-bond donors (Lipinski definition) is 1. The quantitative estimate of drug-likeness (QED) is 0.769. The highest BCUT2D eigenvalue weighted by Crippen LogP contribution is 2.21. The maximum Gasteiger partial charge on any atom is 0.291 e. The fraction of sp³-hybridized carbons (Fsp3) is 0.238. The highest BCUT2D eigenvalue weighted by molar-refractivity contribution is 6.02. The van der Waals surface area contributed by atoms with Crippen molar-refractivity contribution >= 4 is 23.1 Å². The van der Waals surface area contributed by atoms with Crippen molar-refractivity contribution in [3.63, 3.8) is 0 Å². The van der Waals surface area contributed by atoms with Crippen molar-refractivity contribution < 1.29 is 9.21 Å². The van der Waals surface area contributed by atoms with Gasteiger partial charge in [0.1, 0.15) is 5.82 Å². The molecular formula is C21H22N4O2. The zero-order valence-corrected chi connectivity index (χ0v) is 15.3. The lowest BCUT2D eigenvalue weighted by Crippen LogP contribution is -2.46. The summed E-state index contributed by atoms with van der Waals surface area (Å²) in [7, 11) is 0. The second-order valence-corrected chi connectivity index (χ2v) is 6.65. The second-order valence-electron chi connectivity index (χ2n) is 6.65. The van der Waals surface area contributed by atoms with Crippen LogP contribution in [-0.4, -0.2) is 37.1 Å². The number of aryl methyl sites for hydroxylation is 1. The highest BCUT2D eigenvalue weighted by atomic mass is 16.3. The van der Waals surface area contributed by atoms with Crippen molar-refractivity contribution in [2.45, 2.75) is 6.92 Å². The van der Waals surface area contributed by atoms with E-state index in [0.29, 0.717) is 5.69 Å². The SMILES string of the molecule is Cc1cccc(N2CCN(c3ccc(NC(=O)c4ccco4)cn3)CC2)c1. The third-order valence-electron chi connectivity index (χ3n) is 4.72. The Kier molecular flexibility index (Phi) is 4.78. The molecule has 6 nitrogen and oxygen atoms in total. The van der Waals surface area contributed by atoms with Crippen LogP contribution < -0.4 is 15.1 Å². The van der Waals surface area contributed by atoms with Crippen LogP contribution in [0.25, 0.3) is 0 Å². The Morgan fingerprint density at radius 1 is 1.04 bits per heavy atom. The molecule has 1 N–H and O–H groups in total. The van der Waals surface area contributed by atoms with E-state index >= 15 is 0 Å². The molecule has 2 aromatic heterocycles. The van der Waals surface area contributed by atoms with Crippen molar-refractivity contribution in [3.05, 3.63) is 72.3 Å². The van der Waals surface area contributed by atoms with Crippen molar-refractivity contribution in [2.24, 2.45) is 0 Å². The van der Waals surface area contributed by atoms with E-state index in [9.17, 15) is 4.79 Å². The van der Waals surface area contributed by atoms with Crippen LogP contribution in [0.3, 0.4) is 0 Å². The van der Waals surface area contributed by atoms with Crippen molar-refractivity contribution in [3.8, 4) is 0 Å². The summed E-state index contributed by atoms with van der Waals surface area (Å²) in [5.74, 6) is 0.933. The minimum Gasteiger partial charge on any atom is -0.459 e. The normalized spacial score (nSPS) is 14.3. The summed E-state index contributed by atoms with van der Waals surface area (Å²) < 4.78 is 5.09. The third kappa shape index (κ3) is 3.95. The Labute approximate surface area is 158 Å². The summed E-state index contributed by atoms with van der Waals surface area (Å²) in [6.07, 6.45) is 3.16. The molecule has 0 radical (unpaired) electrons. The topological polar surface area (TPSA) is 61.6 Å². The van der Waals surface area contributed by atoms with Crippen LogP contribution in [0.4, 0.5) is 17.2 Å². The van der Waals surface area contributed by atoms with Crippen LogP contribution in [0, 0.1) is 6.92 Å². The van der Waals surface area contributed by atoms with Crippen LogP contribution in [0.2, 0.25) is 0 Å². The van der Waals surface area contributed by atoms with Crippen LogP contribution >= 0.6 is 0 Å². The largest absolute Gasteiger partial charge is 0.459 e. The van der Waals surface area contributed by atoms with Crippen LogP contribution in [0.1, 0.15) is 16.1 Å². The lowest BCUT2D eigenvalue weighted by atomic mass is 10.2. The van der Waals surface area contributed by atoms with E-state index in [2.05, 4.69) is 51.3 Å². The number of hydrogen-bond acceptors (Lipinski definition) is 5. The first-order chi connectivity index (χ1) is 13.2. The zero-order chi connectivity index (χ0) is 18.6. The average Bonchev–Trinajstić information content (AvgIpc) is 3.24. The lowest BCUT2D eigenvalue weighted by molar-refractivity contribution is 0.0996. The molecule has 1 fully saturated rings. The number of nitrogens with one attached hydrogen (secondary N) is 1. The Bertz CT molecular complexity index is 898. The van der Waals surface area contributed by atoms with E-state index < -0.39 is 0 Å². The number of rotatable bonds is 4. The molecule has 6 heteroatoms. The van der Waals surface area contributed by atoms with Gasteiger partial charge < -0.3 is 19.5 Å². The molecule has 1 amide bonds. The number of piperazine rings is 1. The minimum absolute atomic E-state index is 0.277. The van der Waals surface area contributed by atoms with E-state index in [4.69, 9.17) is 4.42 Å². The second kappa shape index (κ2) is 7.53. The van der Waals surface area contributed by atoms with Crippen molar-refractivity contribution in [1.29, 1.82) is 0 Å². The Morgan fingerprint density at radius 2 is 1.85 bits per heavy atom. The van der Waals surface area contributed by atoms with Gasteiger partial charge >= 0.3 is 0 Å². The zero-order valence-electron chi connectivity index (χ0n) is 15.3. The molecule has 1 aliphatic rings. The van der Waals surface area contributed by atoms with Gasteiger partial charge in [-0.1, -0.05) is 12.1 Å². The van der Waals surface area contributed by atoms with Gasteiger partial charge in [0.25, 0.3) is 5.91 Å². The minimum atomic E-state index is -0.277. The van der Waals surface area contributed by atoms with E-state index in [0.717, 1.165) is 32.0 Å². The van der Waals surface area contributed by atoms with Gasteiger partial charge in [-0.3, -0.25) is 4.79 Å². The molecule has 1 aliphatic heterocycles. The first-order valence-electron chi connectivity index (χ1n) is 9.06. The molecule has 0 spiro atoms. The molecule has 0 aliphatic carbocycles. The van der Waals surface area contributed by atoms with E-state index in [1.54, 1.807) is 18.3 Å². The van der Waals surface area contributed by atoms with Gasteiger partial charge in [-0.25, -0.2) is 4.98 Å². The van der Waals surface area contributed by atoms with E-state index in [-0.39, 0.29) is 11.7 Å². The van der Waals surface area contributed by atoms with Crippen LogP contribution in [-0.2, 0) is 0 Å². The number of carbonyl (C=O) groups excluding carboxylic acids is 1. The van der Waals surface area contributed by atoms with Gasteiger partial charge in [0, 0.05) is 31.9 Å². The molecule has 1 saturated heterocycles. The summed E-state index contributed by atoms with van der Waals surface area (Å²) in [6.45, 7) is 5.87. The van der Waals surface area contributed by atoms with E-state index in [1.807, 2.05) is 12.1 Å². The summed E-state index contributed by atoms with van der Waals surface area (Å²) in [6, 6.07) is 15.7. The number of carbonyl (C=O) groups is 1. The molecule has 0 unspecified atom stereocenters. The standard InChI is InChI=1S/C21H22N4O2/c1-16-4-2-5-18(14-16)24-9-11-25(12-10-24)20-8-7-17(15-22-20)23-21(26)19-6-3-13-27-19/h2-8,13-15H,9-12H2,1H3,(H,23,26). The number of nitrogens with zero attached hydrogens (tertiary/aromatic N) is 3. The molecule has 0 saturated carbocycles. The maximum absolute atomic E-state index is 12.0. The number of benzene rings is 1. The first-order valence-corrected chi connectivity index (χ1v) is 9.06. The highest BCUT2D eigenvalue weighted by Gasteiger charge is 2.18. The van der Waals surface area contributed by atoms with Gasteiger partial charge in [-0.05, 0) is 48.9 Å². The number of pyridine rings is 1. The van der Waals surface area contributed by atoms with Gasteiger partial charge in [-0.2, -0.15) is 0 Å². The summed E-state index contributed by atoms with van der Waals surface area (Å²) in [5.41, 5.74) is 3.21.